The van der Waals surface area contributed by atoms with E-state index in [4.69, 9.17) is 14.4 Å². The summed E-state index contributed by atoms with van der Waals surface area (Å²) in [5.41, 5.74) is 0. The molecule has 0 saturated carbocycles. The molecule has 28 valence electrons. The monoisotopic (exact) mass is 74.0 g/mol. The zero-order valence-electron chi connectivity index (χ0n) is 2.43. The van der Waals surface area contributed by atoms with Gasteiger partial charge < -0.3 is 4.79 Å². The van der Waals surface area contributed by atoms with Crippen LogP contribution < -0.4 is 0 Å². The molecular formula is C2H2O3. The van der Waals surface area contributed by atoms with Crippen LogP contribution >= 0.6 is 0 Å². The lowest BCUT2D eigenvalue weighted by Crippen LogP contribution is -1.22. The summed E-state index contributed by atoms with van der Waals surface area (Å²) in [6, 6.07) is 0. The summed E-state index contributed by atoms with van der Waals surface area (Å²) >= 11 is 0. The molecule has 0 aromatic heterocycles. The van der Waals surface area contributed by atoms with Gasteiger partial charge in [-0.05, 0) is 0 Å². The molecule has 0 radical (unpaired) electrons. The molecule has 0 atom stereocenters. The molecule has 0 aliphatic rings. The van der Waals surface area contributed by atoms with E-state index in [2.05, 4.69) is 0 Å². The summed E-state index contributed by atoms with van der Waals surface area (Å²) in [6.07, 6.45) is 0.250. The Kier molecular flexibility index (Phi) is 9190. The molecule has 5 heavy (non-hydrogen) atoms. The van der Waals surface area contributed by atoms with Crippen LogP contribution in [0.4, 0.5) is 0 Å². The molecule has 0 fully saturated rings. The summed E-state index contributed by atoms with van der Waals surface area (Å²) in [6.45, 7) is 2.00. The Morgan fingerprint density at radius 2 is 1.20 bits per heavy atom. The van der Waals surface area contributed by atoms with Crippen LogP contribution in [0, 0.1) is 0 Å². The van der Waals surface area contributed by atoms with E-state index in [1.807, 2.05) is 6.79 Å². The Labute approximate surface area is 28.6 Å². The van der Waals surface area contributed by atoms with Crippen molar-refractivity contribution in [3.8, 4) is 0 Å². The lowest BCUT2D eigenvalue weighted by atomic mass is 11.8. The molecule has 0 spiro atoms. The van der Waals surface area contributed by atoms with Crippen LogP contribution in [0.5, 0.6) is 0 Å². The Hall–Kier alpha value is -0.950. The first kappa shape index (κ1) is 8.96. The molecular weight excluding hydrogens is 72.0 g/mol. The normalized spacial score (nSPS) is 2.40. The molecule has 3 nitrogen and oxygen atoms in total. The highest BCUT2D eigenvalue weighted by atomic mass is 16.2. The Morgan fingerprint density at radius 3 is 1.20 bits per heavy atom. The van der Waals surface area contributed by atoms with Crippen molar-refractivity contribution in [2.75, 3.05) is 0 Å². The molecule has 0 aliphatic carbocycles. The highest BCUT2D eigenvalue weighted by molar-refractivity contribution is 5.20. The van der Waals surface area contributed by atoms with Gasteiger partial charge in [0.15, 0.2) is 0 Å². The smallest absolute Gasteiger partial charge is 0.307 e. The molecule has 0 N–H and O–H groups in total. The maximum absolute atomic E-state index is 8.12. The molecule has 3 heteroatoms. The van der Waals surface area contributed by atoms with E-state index in [1.54, 1.807) is 0 Å². The molecule has 0 unspecified atom stereocenters. The molecule has 0 bridgehead atoms. The molecule has 0 aromatic carbocycles. The highest BCUT2D eigenvalue weighted by Crippen LogP contribution is 0.787. The summed E-state index contributed by atoms with van der Waals surface area (Å²) < 4.78 is 0. The maximum atomic E-state index is 8.12. The van der Waals surface area contributed by atoms with Crippen molar-refractivity contribution in [2.24, 2.45) is 0 Å². The van der Waals surface area contributed by atoms with Crippen molar-refractivity contribution in [3.63, 3.8) is 0 Å². The molecule has 0 saturated heterocycles. The maximum Gasteiger partial charge on any atom is 0.373 e. The molecule has 0 amide bonds. The topological polar surface area (TPSA) is 51.2 Å². The highest BCUT2D eigenvalue weighted by Gasteiger charge is 1.13. The number of carbonyl (C=O) groups is 1. The van der Waals surface area contributed by atoms with Gasteiger partial charge >= 0.3 is 6.15 Å². The van der Waals surface area contributed by atoms with Crippen LogP contribution in [-0.4, -0.2) is 12.9 Å². The van der Waals surface area contributed by atoms with E-state index >= 15 is 0 Å². The van der Waals surface area contributed by atoms with Gasteiger partial charge in [-0.15, -0.1) is 0 Å². The second-order valence-corrected chi connectivity index (χ2v) is 0.0833. The van der Waals surface area contributed by atoms with Crippen molar-refractivity contribution in [2.45, 2.75) is 0 Å². The van der Waals surface area contributed by atoms with Crippen LogP contribution in [0.25, 0.3) is 0 Å². The lowest BCUT2D eigenvalue weighted by molar-refractivity contribution is -0.191. The van der Waals surface area contributed by atoms with Gasteiger partial charge in [-0.1, -0.05) is 0 Å². The predicted octanol–water partition coefficient (Wildman–Crippen LogP) is -0.768. The number of hydrogen-bond donors (Lipinski definition) is 0. The zero-order valence-corrected chi connectivity index (χ0v) is 2.43. The summed E-state index contributed by atoms with van der Waals surface area (Å²) in [5, 5.41) is 0. The van der Waals surface area contributed by atoms with Crippen LogP contribution in [0.3, 0.4) is 0 Å². The van der Waals surface area contributed by atoms with E-state index in [-0.39, 0.29) is 6.15 Å². The number of rotatable bonds is 0. The third-order valence-corrected chi connectivity index (χ3v) is 0. The standard InChI is InChI=1S/CO2.CH2O/c2-1-3;1-2/h;1H2. The van der Waals surface area contributed by atoms with Gasteiger partial charge in [0, 0.05) is 0 Å². The third kappa shape index (κ3) is 3.73. The second-order valence-electron chi connectivity index (χ2n) is 0.0833. The largest absolute Gasteiger partial charge is 0.373 e. The first-order valence-corrected chi connectivity index (χ1v) is 0.697. The average molecular weight is 74.0 g/mol. The van der Waals surface area contributed by atoms with Gasteiger partial charge in [-0.25, -0.2) is 0 Å². The first-order valence-electron chi connectivity index (χ1n) is 0.697. The summed E-state index contributed by atoms with van der Waals surface area (Å²) in [7, 11) is 0. The number of hydrogen-bond acceptors (Lipinski definition) is 3. The Balaban J connectivity index is 0. The van der Waals surface area contributed by atoms with E-state index in [9.17, 15) is 0 Å². The van der Waals surface area contributed by atoms with Crippen LogP contribution in [0.2, 0.25) is 0 Å². The summed E-state index contributed by atoms with van der Waals surface area (Å²) in [5.74, 6) is 0. The quantitative estimate of drug-likeness (QED) is 0.379. The average Bonchev–Trinajstić information content (AvgIpc) is 1.46. The van der Waals surface area contributed by atoms with Gasteiger partial charge in [-0.2, -0.15) is 9.59 Å². The minimum absolute atomic E-state index is 0.250. The Bertz CT molecular complexity index is 34.2. The van der Waals surface area contributed by atoms with Gasteiger partial charge in [0.1, 0.15) is 6.79 Å². The van der Waals surface area contributed by atoms with Crippen molar-refractivity contribution < 1.29 is 14.4 Å². The van der Waals surface area contributed by atoms with E-state index < -0.39 is 0 Å². The molecule has 0 aromatic rings. The van der Waals surface area contributed by atoms with Crippen LogP contribution in [0.15, 0.2) is 0 Å². The van der Waals surface area contributed by atoms with E-state index in [0.717, 1.165) is 0 Å². The molecule has 0 aliphatic heterocycles. The molecule has 0 rings (SSSR count). The van der Waals surface area contributed by atoms with Crippen LogP contribution in [-0.2, 0) is 14.4 Å². The van der Waals surface area contributed by atoms with Crippen molar-refractivity contribution in [3.05, 3.63) is 0 Å². The zero-order chi connectivity index (χ0) is 4.71. The second kappa shape index (κ2) is 5130. The minimum atomic E-state index is 0.250. The third-order valence-electron chi connectivity index (χ3n) is 0. The first-order chi connectivity index (χ1) is 2.41. The molecule has 0 heterocycles. The van der Waals surface area contributed by atoms with Crippen molar-refractivity contribution >= 4 is 12.9 Å². The predicted molar refractivity (Wildman–Crippen MR) is 12.1 cm³/mol. The van der Waals surface area contributed by atoms with Crippen LogP contribution in [0.1, 0.15) is 0 Å². The van der Waals surface area contributed by atoms with Gasteiger partial charge in [-0.3, -0.25) is 0 Å². The van der Waals surface area contributed by atoms with Gasteiger partial charge in [0.2, 0.25) is 0 Å². The fourth-order valence-corrected chi connectivity index (χ4v) is 0. The van der Waals surface area contributed by atoms with Gasteiger partial charge in [0.25, 0.3) is 0 Å². The van der Waals surface area contributed by atoms with Crippen molar-refractivity contribution in [1.82, 2.24) is 0 Å². The fraction of sp³-hybridized carbons (Fsp3) is 0. The number of carbonyl (C=O) groups excluding carboxylic acids is 3. The van der Waals surface area contributed by atoms with E-state index in [0.29, 0.717) is 0 Å². The fourth-order valence-electron chi connectivity index (χ4n) is 0. The Morgan fingerprint density at radius 1 is 1.20 bits per heavy atom. The SMILES string of the molecule is C=O.O=C=O. The van der Waals surface area contributed by atoms with E-state index in [1.165, 1.54) is 0 Å². The van der Waals surface area contributed by atoms with Crippen molar-refractivity contribution in [1.29, 1.82) is 0 Å². The minimum Gasteiger partial charge on any atom is -0.307 e. The summed E-state index contributed by atoms with van der Waals surface area (Å²) in [4.78, 5) is 24.2. The lowest BCUT2D eigenvalue weighted by Gasteiger charge is -0.945. The van der Waals surface area contributed by atoms with Gasteiger partial charge in [0.05, 0.1) is 0 Å².